The highest BCUT2D eigenvalue weighted by Gasteiger charge is 2.33. The third kappa shape index (κ3) is 2.34. The summed E-state index contributed by atoms with van der Waals surface area (Å²) in [5.41, 5.74) is 2.38. The Hall–Kier alpha value is -3.09. The van der Waals surface area contributed by atoms with Crippen molar-refractivity contribution in [3.63, 3.8) is 0 Å². The Balaban J connectivity index is 1.89. The highest BCUT2D eigenvalue weighted by atomic mass is 19.1. The minimum absolute atomic E-state index is 0.145. The van der Waals surface area contributed by atoms with Crippen LogP contribution in [0.2, 0.25) is 0 Å². The summed E-state index contributed by atoms with van der Waals surface area (Å²) in [5.74, 6) is 0.207. The van der Waals surface area contributed by atoms with Crippen molar-refractivity contribution in [1.29, 1.82) is 0 Å². The van der Waals surface area contributed by atoms with Crippen LogP contribution in [-0.4, -0.2) is 25.7 Å². The first-order valence-electron chi connectivity index (χ1n) is 7.55. The molecular weight excluding hydrogens is 309 g/mol. The van der Waals surface area contributed by atoms with E-state index < -0.39 is 0 Å². The summed E-state index contributed by atoms with van der Waals surface area (Å²) < 4.78 is 15.1. The molecule has 0 saturated carbocycles. The molecule has 1 aliphatic rings. The second-order valence-electron chi connectivity index (χ2n) is 5.67. The standard InChI is InChI=1S/C17H14FN5O/c1-10-15-13(11-4-2-5-12(18)8-11)9-14(24)21-16(15)23(22-10)17-19-6-3-7-20-17/h2-8,13H,9H2,1H3,(H,21,24)/t13-/m0/s1. The molecule has 6 nitrogen and oxygen atoms in total. The van der Waals surface area contributed by atoms with E-state index in [1.165, 1.54) is 16.8 Å². The van der Waals surface area contributed by atoms with Gasteiger partial charge in [-0.15, -0.1) is 0 Å². The lowest BCUT2D eigenvalue weighted by Crippen LogP contribution is -2.25. The lowest BCUT2D eigenvalue weighted by molar-refractivity contribution is -0.116. The molecule has 1 aliphatic heterocycles. The smallest absolute Gasteiger partial charge is 0.252 e. The number of hydrogen-bond donors (Lipinski definition) is 1. The zero-order valence-corrected chi connectivity index (χ0v) is 12.9. The number of nitrogens with one attached hydrogen (secondary N) is 1. The molecule has 1 amide bonds. The summed E-state index contributed by atoms with van der Waals surface area (Å²) >= 11 is 0. The molecule has 1 atom stereocenters. The van der Waals surface area contributed by atoms with E-state index in [0.717, 1.165) is 16.8 Å². The van der Waals surface area contributed by atoms with Crippen LogP contribution in [0.1, 0.15) is 29.2 Å². The number of carbonyl (C=O) groups excluding carboxylic acids is 1. The quantitative estimate of drug-likeness (QED) is 0.787. The van der Waals surface area contributed by atoms with E-state index in [1.807, 2.05) is 13.0 Å². The van der Waals surface area contributed by atoms with Gasteiger partial charge in [0.2, 0.25) is 5.91 Å². The maximum absolute atomic E-state index is 13.6. The summed E-state index contributed by atoms with van der Waals surface area (Å²) in [5, 5.41) is 7.33. The molecular formula is C17H14FN5O. The molecule has 2 aromatic heterocycles. The van der Waals surface area contributed by atoms with Crippen molar-refractivity contribution >= 4 is 11.7 Å². The Kier molecular flexibility index (Phi) is 3.34. The second-order valence-corrected chi connectivity index (χ2v) is 5.67. The fraction of sp³-hybridized carbons (Fsp3) is 0.176. The predicted octanol–water partition coefficient (Wildman–Crippen LogP) is 2.58. The summed E-state index contributed by atoms with van der Waals surface area (Å²) in [7, 11) is 0. The van der Waals surface area contributed by atoms with Crippen LogP contribution in [-0.2, 0) is 4.79 Å². The highest BCUT2D eigenvalue weighted by molar-refractivity contribution is 5.95. The van der Waals surface area contributed by atoms with Crippen molar-refractivity contribution in [3.05, 3.63) is 65.4 Å². The molecule has 1 aromatic carbocycles. The molecule has 7 heteroatoms. The number of carbonyl (C=O) groups is 1. The molecule has 3 heterocycles. The number of aromatic nitrogens is 4. The van der Waals surface area contributed by atoms with Gasteiger partial charge in [-0.1, -0.05) is 12.1 Å². The normalized spacial score (nSPS) is 16.6. The van der Waals surface area contributed by atoms with E-state index in [4.69, 9.17) is 0 Å². The average Bonchev–Trinajstić information content (AvgIpc) is 2.91. The van der Waals surface area contributed by atoms with Crippen molar-refractivity contribution in [1.82, 2.24) is 19.7 Å². The Morgan fingerprint density at radius 3 is 2.79 bits per heavy atom. The number of anilines is 1. The minimum atomic E-state index is -0.323. The fourth-order valence-corrected chi connectivity index (χ4v) is 3.10. The molecule has 1 N–H and O–H groups in total. The predicted molar refractivity (Wildman–Crippen MR) is 85.4 cm³/mol. The van der Waals surface area contributed by atoms with Crippen molar-refractivity contribution in [2.24, 2.45) is 0 Å². The van der Waals surface area contributed by atoms with Gasteiger partial charge in [-0.3, -0.25) is 4.79 Å². The molecule has 4 rings (SSSR count). The molecule has 0 radical (unpaired) electrons. The van der Waals surface area contributed by atoms with Crippen molar-refractivity contribution in [2.75, 3.05) is 5.32 Å². The molecule has 0 bridgehead atoms. The van der Waals surface area contributed by atoms with Gasteiger partial charge in [0.05, 0.1) is 5.69 Å². The number of aryl methyl sites for hydroxylation is 1. The zero-order chi connectivity index (χ0) is 16.7. The number of benzene rings is 1. The summed E-state index contributed by atoms with van der Waals surface area (Å²) in [6.45, 7) is 1.86. The number of fused-ring (bicyclic) bond motifs is 1. The SMILES string of the molecule is Cc1nn(-c2ncccn2)c2c1[C@H](c1cccc(F)c1)CC(=O)N2. The number of hydrogen-bond acceptors (Lipinski definition) is 4. The van der Waals surface area contributed by atoms with Gasteiger partial charge in [-0.05, 0) is 30.7 Å². The Morgan fingerprint density at radius 1 is 1.25 bits per heavy atom. The summed E-state index contributed by atoms with van der Waals surface area (Å²) in [4.78, 5) is 20.6. The summed E-state index contributed by atoms with van der Waals surface area (Å²) in [6.07, 6.45) is 3.47. The van der Waals surface area contributed by atoms with Gasteiger partial charge in [0.25, 0.3) is 5.95 Å². The van der Waals surface area contributed by atoms with E-state index in [0.29, 0.717) is 11.8 Å². The topological polar surface area (TPSA) is 72.7 Å². The highest BCUT2D eigenvalue weighted by Crippen LogP contribution is 2.39. The molecule has 0 spiro atoms. The number of nitrogens with zero attached hydrogens (tertiary/aromatic N) is 4. The van der Waals surface area contributed by atoms with E-state index in [2.05, 4.69) is 20.4 Å². The molecule has 24 heavy (non-hydrogen) atoms. The van der Waals surface area contributed by atoms with Crippen LogP contribution in [0.15, 0.2) is 42.7 Å². The van der Waals surface area contributed by atoms with E-state index in [-0.39, 0.29) is 24.1 Å². The lowest BCUT2D eigenvalue weighted by Gasteiger charge is -2.24. The number of halogens is 1. The van der Waals surface area contributed by atoms with E-state index in [9.17, 15) is 9.18 Å². The van der Waals surface area contributed by atoms with Crippen LogP contribution in [0, 0.1) is 12.7 Å². The third-order valence-corrected chi connectivity index (χ3v) is 4.10. The van der Waals surface area contributed by atoms with Crippen molar-refractivity contribution in [2.45, 2.75) is 19.3 Å². The molecule has 0 fully saturated rings. The number of rotatable bonds is 2. The Labute approximate surface area is 137 Å². The lowest BCUT2D eigenvalue weighted by atomic mass is 9.86. The van der Waals surface area contributed by atoms with Crippen molar-refractivity contribution in [3.8, 4) is 5.95 Å². The Bertz CT molecular complexity index is 922. The van der Waals surface area contributed by atoms with Crippen LogP contribution in [0.3, 0.4) is 0 Å². The fourth-order valence-electron chi connectivity index (χ4n) is 3.10. The van der Waals surface area contributed by atoms with Gasteiger partial charge in [0.1, 0.15) is 11.6 Å². The van der Waals surface area contributed by atoms with Crippen LogP contribution in [0.25, 0.3) is 5.95 Å². The van der Waals surface area contributed by atoms with E-state index in [1.54, 1.807) is 24.5 Å². The zero-order valence-electron chi connectivity index (χ0n) is 12.9. The van der Waals surface area contributed by atoms with Crippen LogP contribution >= 0.6 is 0 Å². The first-order valence-corrected chi connectivity index (χ1v) is 7.55. The van der Waals surface area contributed by atoms with Crippen LogP contribution in [0.5, 0.6) is 0 Å². The van der Waals surface area contributed by atoms with Crippen LogP contribution in [0.4, 0.5) is 10.2 Å². The third-order valence-electron chi connectivity index (χ3n) is 4.10. The van der Waals surface area contributed by atoms with Gasteiger partial charge in [-0.2, -0.15) is 9.78 Å². The molecule has 0 saturated heterocycles. The van der Waals surface area contributed by atoms with Gasteiger partial charge < -0.3 is 5.32 Å². The maximum atomic E-state index is 13.6. The first-order chi connectivity index (χ1) is 11.6. The first kappa shape index (κ1) is 14.5. The number of amides is 1. The maximum Gasteiger partial charge on any atom is 0.252 e. The molecule has 0 aliphatic carbocycles. The molecule has 0 unspecified atom stereocenters. The minimum Gasteiger partial charge on any atom is -0.310 e. The van der Waals surface area contributed by atoms with Crippen molar-refractivity contribution < 1.29 is 9.18 Å². The summed E-state index contributed by atoms with van der Waals surface area (Å²) in [6, 6.07) is 8.04. The van der Waals surface area contributed by atoms with E-state index >= 15 is 0 Å². The average molecular weight is 323 g/mol. The molecule has 120 valence electrons. The van der Waals surface area contributed by atoms with Crippen LogP contribution < -0.4 is 5.32 Å². The molecule has 3 aromatic rings. The second kappa shape index (κ2) is 5.52. The van der Waals surface area contributed by atoms with Gasteiger partial charge >= 0.3 is 0 Å². The Morgan fingerprint density at radius 2 is 2.04 bits per heavy atom. The monoisotopic (exact) mass is 323 g/mol. The van der Waals surface area contributed by atoms with Gasteiger partial charge in [0.15, 0.2) is 0 Å². The van der Waals surface area contributed by atoms with Gasteiger partial charge in [-0.25, -0.2) is 14.4 Å². The van der Waals surface area contributed by atoms with Gasteiger partial charge in [0, 0.05) is 30.3 Å². The largest absolute Gasteiger partial charge is 0.310 e.